The van der Waals surface area contributed by atoms with Crippen molar-refractivity contribution in [1.82, 2.24) is 5.32 Å². The van der Waals surface area contributed by atoms with E-state index < -0.39 is 6.10 Å². The number of hydrogen-bond donors (Lipinski definition) is 1. The highest BCUT2D eigenvalue weighted by atomic mass is 16.5. The van der Waals surface area contributed by atoms with Gasteiger partial charge in [-0.3, -0.25) is 4.79 Å². The molecule has 0 fully saturated rings. The Hall–Kier alpha value is -2.49. The third kappa shape index (κ3) is 5.61. The lowest BCUT2D eigenvalue weighted by atomic mass is 10.2. The molecule has 0 saturated heterocycles. The van der Waals surface area contributed by atoms with Gasteiger partial charge in [0.05, 0.1) is 6.54 Å². The molecular formula is C20H25NO3. The van der Waals surface area contributed by atoms with E-state index in [2.05, 4.69) is 12.2 Å². The Labute approximate surface area is 143 Å². The third-order valence-electron chi connectivity index (χ3n) is 3.70. The van der Waals surface area contributed by atoms with E-state index in [1.165, 1.54) is 5.56 Å². The quantitative estimate of drug-likeness (QED) is 0.755. The number of carbonyl (C=O) groups excluding carboxylic acids is 1. The number of amides is 1. The second kappa shape index (κ2) is 8.96. The van der Waals surface area contributed by atoms with Crippen LogP contribution in [0.4, 0.5) is 0 Å². The first-order chi connectivity index (χ1) is 11.6. The number of nitrogens with one attached hydrogen (secondary N) is 1. The zero-order valence-corrected chi connectivity index (χ0v) is 14.5. The van der Waals surface area contributed by atoms with Gasteiger partial charge in [0.1, 0.15) is 18.1 Å². The molecule has 2 aromatic rings. The Bertz CT molecular complexity index is 635. The van der Waals surface area contributed by atoms with Gasteiger partial charge in [-0.1, -0.05) is 36.8 Å². The summed E-state index contributed by atoms with van der Waals surface area (Å²) in [5, 5.41) is 2.82. The van der Waals surface area contributed by atoms with Crippen LogP contribution in [0.3, 0.4) is 0 Å². The van der Waals surface area contributed by atoms with Crippen LogP contribution in [-0.4, -0.2) is 25.2 Å². The van der Waals surface area contributed by atoms with E-state index in [9.17, 15) is 4.79 Å². The van der Waals surface area contributed by atoms with E-state index in [0.29, 0.717) is 18.9 Å². The first-order valence-corrected chi connectivity index (χ1v) is 8.31. The van der Waals surface area contributed by atoms with Crippen molar-refractivity contribution in [3.8, 4) is 11.5 Å². The molecule has 0 radical (unpaired) electrons. The maximum absolute atomic E-state index is 12.0. The van der Waals surface area contributed by atoms with Crippen LogP contribution in [0.1, 0.15) is 25.0 Å². The van der Waals surface area contributed by atoms with Crippen LogP contribution in [0.5, 0.6) is 11.5 Å². The fraction of sp³-hybridized carbons (Fsp3) is 0.350. The number of aryl methyl sites for hydroxylation is 2. The minimum Gasteiger partial charge on any atom is -0.492 e. The highest BCUT2D eigenvalue weighted by Gasteiger charge is 2.13. The molecule has 1 N–H and O–H groups in total. The first-order valence-electron chi connectivity index (χ1n) is 8.31. The monoisotopic (exact) mass is 327 g/mol. The van der Waals surface area contributed by atoms with E-state index in [1.807, 2.05) is 55.5 Å². The number of benzene rings is 2. The lowest BCUT2D eigenvalue weighted by Crippen LogP contribution is -2.38. The van der Waals surface area contributed by atoms with Crippen molar-refractivity contribution in [2.75, 3.05) is 13.2 Å². The number of carbonyl (C=O) groups is 1. The molecule has 128 valence electrons. The largest absolute Gasteiger partial charge is 0.492 e. The molecule has 2 aromatic carbocycles. The van der Waals surface area contributed by atoms with Crippen molar-refractivity contribution < 1.29 is 14.3 Å². The highest BCUT2D eigenvalue weighted by molar-refractivity contribution is 5.80. The Morgan fingerprint density at radius 3 is 2.29 bits per heavy atom. The molecule has 0 spiro atoms. The molecule has 4 heteroatoms. The van der Waals surface area contributed by atoms with Crippen molar-refractivity contribution in [2.45, 2.75) is 33.3 Å². The summed E-state index contributed by atoms with van der Waals surface area (Å²) in [4.78, 5) is 12.0. The fourth-order valence-corrected chi connectivity index (χ4v) is 2.18. The maximum Gasteiger partial charge on any atom is 0.260 e. The summed E-state index contributed by atoms with van der Waals surface area (Å²) in [5.74, 6) is 1.35. The van der Waals surface area contributed by atoms with Gasteiger partial charge in [0, 0.05) is 0 Å². The molecule has 1 amide bonds. The summed E-state index contributed by atoms with van der Waals surface area (Å²) in [6.07, 6.45) is 0.464. The molecule has 0 bridgehead atoms. The second-order valence-corrected chi connectivity index (χ2v) is 5.71. The van der Waals surface area contributed by atoms with Crippen LogP contribution in [-0.2, 0) is 11.2 Å². The standard InChI is InChI=1S/C20H25NO3/c1-4-17-7-11-18(12-8-17)23-14-13-21-20(22)16(3)24-19-9-5-15(2)6-10-19/h5-12,16H,4,13-14H2,1-3H3,(H,21,22)/t16-/m0/s1. The van der Waals surface area contributed by atoms with E-state index >= 15 is 0 Å². The Kier molecular flexibility index (Phi) is 6.67. The van der Waals surface area contributed by atoms with Crippen LogP contribution >= 0.6 is 0 Å². The molecule has 0 unspecified atom stereocenters. The van der Waals surface area contributed by atoms with Gasteiger partial charge in [-0.25, -0.2) is 0 Å². The highest BCUT2D eigenvalue weighted by Crippen LogP contribution is 2.14. The molecule has 24 heavy (non-hydrogen) atoms. The normalized spacial score (nSPS) is 11.6. The zero-order chi connectivity index (χ0) is 17.4. The third-order valence-corrected chi connectivity index (χ3v) is 3.70. The molecule has 0 heterocycles. The predicted molar refractivity (Wildman–Crippen MR) is 95.6 cm³/mol. The van der Waals surface area contributed by atoms with Crippen molar-refractivity contribution in [2.24, 2.45) is 0 Å². The Morgan fingerprint density at radius 1 is 1.04 bits per heavy atom. The van der Waals surface area contributed by atoms with Gasteiger partial charge in [-0.05, 0) is 50.1 Å². The van der Waals surface area contributed by atoms with E-state index in [0.717, 1.165) is 17.7 Å². The summed E-state index contributed by atoms with van der Waals surface area (Å²) < 4.78 is 11.2. The van der Waals surface area contributed by atoms with Crippen LogP contribution in [0.25, 0.3) is 0 Å². The summed E-state index contributed by atoms with van der Waals surface area (Å²) >= 11 is 0. The average molecular weight is 327 g/mol. The predicted octanol–water partition coefficient (Wildman–Crippen LogP) is 3.52. The Morgan fingerprint density at radius 2 is 1.67 bits per heavy atom. The molecular weight excluding hydrogens is 302 g/mol. The van der Waals surface area contributed by atoms with Crippen LogP contribution in [0, 0.1) is 6.92 Å². The fourth-order valence-electron chi connectivity index (χ4n) is 2.18. The molecule has 4 nitrogen and oxygen atoms in total. The topological polar surface area (TPSA) is 47.6 Å². The number of rotatable bonds is 8. The lowest BCUT2D eigenvalue weighted by molar-refractivity contribution is -0.127. The van der Waals surface area contributed by atoms with Crippen LogP contribution in [0.15, 0.2) is 48.5 Å². The molecule has 0 saturated carbocycles. The van der Waals surface area contributed by atoms with Gasteiger partial charge in [0.2, 0.25) is 0 Å². The summed E-state index contributed by atoms with van der Waals surface area (Å²) in [6, 6.07) is 15.6. The van der Waals surface area contributed by atoms with Crippen molar-refractivity contribution in [1.29, 1.82) is 0 Å². The molecule has 0 aliphatic carbocycles. The summed E-state index contributed by atoms with van der Waals surface area (Å²) in [7, 11) is 0. The molecule has 0 aliphatic heterocycles. The Balaban J connectivity index is 1.69. The van der Waals surface area contributed by atoms with Gasteiger partial charge in [0.15, 0.2) is 6.10 Å². The molecule has 0 aromatic heterocycles. The van der Waals surface area contributed by atoms with E-state index in [1.54, 1.807) is 6.92 Å². The zero-order valence-electron chi connectivity index (χ0n) is 14.5. The average Bonchev–Trinajstić information content (AvgIpc) is 2.61. The van der Waals surface area contributed by atoms with Crippen molar-refractivity contribution >= 4 is 5.91 Å². The summed E-state index contributed by atoms with van der Waals surface area (Å²) in [6.45, 7) is 6.73. The van der Waals surface area contributed by atoms with Gasteiger partial charge >= 0.3 is 0 Å². The van der Waals surface area contributed by atoms with Gasteiger partial charge < -0.3 is 14.8 Å². The van der Waals surface area contributed by atoms with E-state index in [4.69, 9.17) is 9.47 Å². The first kappa shape index (κ1) is 17.9. The van der Waals surface area contributed by atoms with Gasteiger partial charge in [-0.2, -0.15) is 0 Å². The maximum atomic E-state index is 12.0. The number of hydrogen-bond acceptors (Lipinski definition) is 3. The number of ether oxygens (including phenoxy) is 2. The van der Waals surface area contributed by atoms with Crippen LogP contribution in [0.2, 0.25) is 0 Å². The SMILES string of the molecule is CCc1ccc(OCCNC(=O)[C@H](C)Oc2ccc(C)cc2)cc1. The van der Waals surface area contributed by atoms with Gasteiger partial charge in [-0.15, -0.1) is 0 Å². The van der Waals surface area contributed by atoms with Crippen molar-refractivity contribution in [3.05, 3.63) is 59.7 Å². The lowest BCUT2D eigenvalue weighted by Gasteiger charge is -2.15. The minimum absolute atomic E-state index is 0.152. The van der Waals surface area contributed by atoms with Gasteiger partial charge in [0.25, 0.3) is 5.91 Å². The van der Waals surface area contributed by atoms with Crippen LogP contribution < -0.4 is 14.8 Å². The smallest absolute Gasteiger partial charge is 0.260 e. The molecule has 1 atom stereocenters. The molecule has 2 rings (SSSR count). The van der Waals surface area contributed by atoms with Crippen molar-refractivity contribution in [3.63, 3.8) is 0 Å². The minimum atomic E-state index is -0.545. The molecule has 0 aliphatic rings. The second-order valence-electron chi connectivity index (χ2n) is 5.71. The summed E-state index contributed by atoms with van der Waals surface area (Å²) in [5.41, 5.74) is 2.43. The van der Waals surface area contributed by atoms with E-state index in [-0.39, 0.29) is 5.91 Å².